The minimum atomic E-state index is -4.80. The van der Waals surface area contributed by atoms with E-state index in [9.17, 15) is 28.0 Å². The standard InChI is InChI=1S/C29H25Cl2F3N2O4/c1-2-3-23(17-4-6-19(7-5-17)28(39)36-13-12-25(37)38)27(18-8-10-21(30)11-9-18)40-22-14-20(16-35)26(31)24(15-22)29(32,33)34/h4-11,14-15,23,27H,2-3,12-13H2,1H3,(H,36,39)(H,37,38). The van der Waals surface area contributed by atoms with Crippen molar-refractivity contribution in [3.63, 3.8) is 0 Å². The van der Waals surface area contributed by atoms with Crippen LogP contribution in [-0.2, 0) is 11.0 Å². The molecule has 0 radical (unpaired) electrons. The van der Waals surface area contributed by atoms with Crippen LogP contribution in [0.3, 0.4) is 0 Å². The van der Waals surface area contributed by atoms with E-state index in [1.54, 1.807) is 54.6 Å². The number of carboxylic acid groups (broad SMARTS) is 1. The summed E-state index contributed by atoms with van der Waals surface area (Å²) in [5, 5.41) is 20.5. The van der Waals surface area contributed by atoms with Crippen LogP contribution in [0, 0.1) is 11.3 Å². The summed E-state index contributed by atoms with van der Waals surface area (Å²) >= 11 is 11.9. The maximum Gasteiger partial charge on any atom is 0.418 e. The van der Waals surface area contributed by atoms with Crippen molar-refractivity contribution in [3.05, 3.63) is 98.5 Å². The van der Waals surface area contributed by atoms with Gasteiger partial charge in [0.05, 0.1) is 22.6 Å². The van der Waals surface area contributed by atoms with Crippen LogP contribution in [-0.4, -0.2) is 23.5 Å². The predicted molar refractivity (Wildman–Crippen MR) is 145 cm³/mol. The first-order chi connectivity index (χ1) is 18.9. The third-order valence-corrected chi connectivity index (χ3v) is 6.78. The van der Waals surface area contributed by atoms with Gasteiger partial charge in [0.15, 0.2) is 0 Å². The molecule has 0 aromatic heterocycles. The van der Waals surface area contributed by atoms with E-state index in [4.69, 9.17) is 33.0 Å². The van der Waals surface area contributed by atoms with Crippen molar-refractivity contribution in [2.45, 2.75) is 44.4 Å². The Labute approximate surface area is 239 Å². The molecule has 6 nitrogen and oxygen atoms in total. The van der Waals surface area contributed by atoms with Crippen molar-refractivity contribution >= 4 is 35.1 Å². The van der Waals surface area contributed by atoms with Gasteiger partial charge < -0.3 is 15.2 Å². The fourth-order valence-electron chi connectivity index (χ4n) is 4.21. The maximum atomic E-state index is 13.7. The van der Waals surface area contributed by atoms with Gasteiger partial charge in [0.25, 0.3) is 5.91 Å². The Morgan fingerprint density at radius 2 is 1.68 bits per heavy atom. The number of nitriles is 1. The summed E-state index contributed by atoms with van der Waals surface area (Å²) in [6.45, 7) is 1.93. The highest BCUT2D eigenvalue weighted by molar-refractivity contribution is 6.32. The quantitative estimate of drug-likeness (QED) is 0.237. The Morgan fingerprint density at radius 3 is 2.23 bits per heavy atom. The zero-order chi connectivity index (χ0) is 29.4. The molecule has 0 saturated heterocycles. The number of carboxylic acids is 1. The van der Waals surface area contributed by atoms with Gasteiger partial charge in [-0.05, 0) is 53.9 Å². The Kier molecular flexibility index (Phi) is 10.4. The van der Waals surface area contributed by atoms with E-state index in [-0.39, 0.29) is 30.2 Å². The monoisotopic (exact) mass is 592 g/mol. The van der Waals surface area contributed by atoms with Crippen LogP contribution in [0.2, 0.25) is 10.0 Å². The molecule has 0 aliphatic heterocycles. The Morgan fingerprint density at radius 1 is 1.05 bits per heavy atom. The number of hydrogen-bond acceptors (Lipinski definition) is 4. The number of alkyl halides is 3. The summed E-state index contributed by atoms with van der Waals surface area (Å²) < 4.78 is 47.3. The number of benzene rings is 3. The lowest BCUT2D eigenvalue weighted by atomic mass is 9.85. The maximum absolute atomic E-state index is 13.7. The number of halogens is 5. The zero-order valence-electron chi connectivity index (χ0n) is 21.3. The molecule has 3 rings (SSSR count). The number of hydrogen-bond donors (Lipinski definition) is 2. The highest BCUT2D eigenvalue weighted by Gasteiger charge is 2.36. The Balaban J connectivity index is 2.02. The minimum absolute atomic E-state index is 0.0213. The molecule has 0 spiro atoms. The molecule has 2 unspecified atom stereocenters. The van der Waals surface area contributed by atoms with Crippen molar-refractivity contribution in [2.24, 2.45) is 0 Å². The first-order valence-electron chi connectivity index (χ1n) is 12.3. The lowest BCUT2D eigenvalue weighted by Gasteiger charge is -2.29. The van der Waals surface area contributed by atoms with Crippen LogP contribution in [0.1, 0.15) is 70.8 Å². The largest absolute Gasteiger partial charge is 0.485 e. The van der Waals surface area contributed by atoms with E-state index in [0.717, 1.165) is 11.6 Å². The molecule has 0 aliphatic rings. The SMILES string of the molecule is CCCC(c1ccc(C(=O)NCCC(=O)O)cc1)C(Oc1cc(C#N)c(Cl)c(C(F)(F)F)c1)c1ccc(Cl)cc1. The minimum Gasteiger partial charge on any atom is -0.485 e. The van der Waals surface area contributed by atoms with Crippen molar-refractivity contribution < 1.29 is 32.6 Å². The van der Waals surface area contributed by atoms with Crippen molar-refractivity contribution in [1.29, 1.82) is 5.26 Å². The highest BCUT2D eigenvalue weighted by Crippen LogP contribution is 2.43. The van der Waals surface area contributed by atoms with Crippen molar-refractivity contribution in [2.75, 3.05) is 6.54 Å². The molecule has 2 atom stereocenters. The molecular formula is C29H25Cl2F3N2O4. The summed E-state index contributed by atoms with van der Waals surface area (Å²) in [5.41, 5.74) is 0.171. The molecule has 0 heterocycles. The van der Waals surface area contributed by atoms with Crippen molar-refractivity contribution in [1.82, 2.24) is 5.32 Å². The summed E-state index contributed by atoms with van der Waals surface area (Å²) in [7, 11) is 0. The van der Waals surface area contributed by atoms with Crippen molar-refractivity contribution in [3.8, 4) is 11.8 Å². The van der Waals surface area contributed by atoms with Gasteiger partial charge in [-0.25, -0.2) is 0 Å². The Hall–Kier alpha value is -3.74. The van der Waals surface area contributed by atoms with Gasteiger partial charge in [-0.15, -0.1) is 0 Å². The number of amides is 1. The van der Waals surface area contributed by atoms with Crippen LogP contribution < -0.4 is 10.1 Å². The van der Waals surface area contributed by atoms with E-state index in [1.165, 1.54) is 6.07 Å². The number of aliphatic carboxylic acids is 1. The van der Waals surface area contributed by atoms with Gasteiger partial charge >= 0.3 is 12.1 Å². The lowest BCUT2D eigenvalue weighted by Crippen LogP contribution is -2.26. The highest BCUT2D eigenvalue weighted by atomic mass is 35.5. The van der Waals surface area contributed by atoms with Crippen LogP contribution in [0.4, 0.5) is 13.2 Å². The van der Waals surface area contributed by atoms with E-state index in [2.05, 4.69) is 5.32 Å². The molecule has 40 heavy (non-hydrogen) atoms. The third-order valence-electron chi connectivity index (χ3n) is 6.12. The average Bonchev–Trinajstić information content (AvgIpc) is 2.91. The fraction of sp³-hybridized carbons (Fsp3) is 0.276. The number of ether oxygens (including phenoxy) is 1. The molecular weight excluding hydrogens is 568 g/mol. The van der Waals surface area contributed by atoms with Gasteiger partial charge in [0.2, 0.25) is 0 Å². The second-order valence-electron chi connectivity index (χ2n) is 8.95. The van der Waals surface area contributed by atoms with E-state index < -0.39 is 34.7 Å². The van der Waals surface area contributed by atoms with Crippen LogP contribution >= 0.6 is 23.2 Å². The summed E-state index contributed by atoms with van der Waals surface area (Å²) in [4.78, 5) is 23.1. The third kappa shape index (κ3) is 7.90. The second kappa shape index (κ2) is 13.6. The molecule has 0 bridgehead atoms. The number of carbonyl (C=O) groups is 2. The van der Waals surface area contributed by atoms with Crippen LogP contribution in [0.15, 0.2) is 60.7 Å². The van der Waals surface area contributed by atoms with E-state index >= 15 is 0 Å². The molecule has 2 N–H and O–H groups in total. The van der Waals surface area contributed by atoms with Gasteiger partial charge in [-0.3, -0.25) is 9.59 Å². The first kappa shape index (κ1) is 30.8. The first-order valence-corrected chi connectivity index (χ1v) is 13.0. The molecule has 0 fully saturated rings. The van der Waals surface area contributed by atoms with Crippen LogP contribution in [0.5, 0.6) is 5.75 Å². The summed E-state index contributed by atoms with van der Waals surface area (Å²) in [6, 6.07) is 17.0. The second-order valence-corrected chi connectivity index (χ2v) is 9.76. The van der Waals surface area contributed by atoms with Gasteiger partial charge in [0, 0.05) is 23.0 Å². The molecule has 0 saturated carbocycles. The fourth-order valence-corrected chi connectivity index (χ4v) is 4.59. The smallest absolute Gasteiger partial charge is 0.418 e. The Bertz CT molecular complexity index is 1390. The summed E-state index contributed by atoms with van der Waals surface area (Å²) in [5.74, 6) is -2.01. The lowest BCUT2D eigenvalue weighted by molar-refractivity contribution is -0.138. The van der Waals surface area contributed by atoms with Gasteiger partial charge in [0.1, 0.15) is 17.9 Å². The summed E-state index contributed by atoms with van der Waals surface area (Å²) in [6.07, 6.45) is -4.53. The number of carbonyl (C=O) groups excluding carboxylic acids is 1. The van der Waals surface area contributed by atoms with E-state index in [1.807, 2.05) is 6.92 Å². The van der Waals surface area contributed by atoms with Gasteiger partial charge in [-0.1, -0.05) is 60.8 Å². The molecule has 210 valence electrons. The molecule has 3 aromatic carbocycles. The molecule has 3 aromatic rings. The van der Waals surface area contributed by atoms with Gasteiger partial charge in [-0.2, -0.15) is 18.4 Å². The molecule has 1 amide bonds. The molecule has 11 heteroatoms. The van der Waals surface area contributed by atoms with E-state index in [0.29, 0.717) is 29.0 Å². The van der Waals surface area contributed by atoms with Crippen LogP contribution in [0.25, 0.3) is 0 Å². The number of nitrogens with zero attached hydrogens (tertiary/aromatic N) is 1. The topological polar surface area (TPSA) is 99.4 Å². The number of rotatable bonds is 11. The molecule has 0 aliphatic carbocycles. The zero-order valence-corrected chi connectivity index (χ0v) is 22.8. The average molecular weight is 593 g/mol. The predicted octanol–water partition coefficient (Wildman–Crippen LogP) is 7.79. The number of nitrogens with one attached hydrogen (secondary N) is 1. The normalized spacial score (nSPS) is 12.7.